The van der Waals surface area contributed by atoms with E-state index in [1.165, 1.54) is 0 Å². The predicted molar refractivity (Wildman–Crippen MR) is 81.2 cm³/mol. The van der Waals surface area contributed by atoms with Crippen LogP contribution >= 0.6 is 0 Å². The number of amides is 1. The minimum absolute atomic E-state index is 0.0197. The van der Waals surface area contributed by atoms with Crippen molar-refractivity contribution in [2.24, 2.45) is 0 Å². The smallest absolute Gasteiger partial charge is 0.234 e. The van der Waals surface area contributed by atoms with Crippen LogP contribution in [0.15, 0.2) is 24.3 Å². The second-order valence-electron chi connectivity index (χ2n) is 5.46. The molecule has 1 aliphatic rings. The lowest BCUT2D eigenvalue weighted by atomic mass is 10.1. The highest BCUT2D eigenvalue weighted by molar-refractivity contribution is 5.78. The fraction of sp³-hybridized carbons (Fsp3) is 0.562. The van der Waals surface area contributed by atoms with Gasteiger partial charge in [-0.3, -0.25) is 9.69 Å². The molecule has 2 rings (SSSR count). The number of methoxy groups -OCH3 is 1. The lowest BCUT2D eigenvalue weighted by Gasteiger charge is -2.22. The van der Waals surface area contributed by atoms with Crippen LogP contribution in [0.4, 0.5) is 0 Å². The van der Waals surface area contributed by atoms with Gasteiger partial charge in [-0.05, 0) is 25.8 Å². The molecule has 1 aromatic carbocycles. The van der Waals surface area contributed by atoms with Gasteiger partial charge in [0.25, 0.3) is 0 Å². The molecule has 0 aliphatic heterocycles. The molecule has 0 radical (unpaired) electrons. The van der Waals surface area contributed by atoms with Crippen molar-refractivity contribution >= 4 is 5.91 Å². The van der Waals surface area contributed by atoms with Crippen molar-refractivity contribution in [3.05, 3.63) is 29.8 Å². The number of carbonyl (C=O) groups is 1. The molecule has 1 aliphatic carbocycles. The Hall–Kier alpha value is -1.59. The minimum Gasteiger partial charge on any atom is -0.496 e. The highest BCUT2D eigenvalue weighted by Crippen LogP contribution is 2.27. The summed E-state index contributed by atoms with van der Waals surface area (Å²) in [5.41, 5.74) is 0.966. The van der Waals surface area contributed by atoms with Crippen LogP contribution in [0.3, 0.4) is 0 Å². The van der Waals surface area contributed by atoms with E-state index in [-0.39, 0.29) is 18.6 Å². The summed E-state index contributed by atoms with van der Waals surface area (Å²) < 4.78 is 5.32. The van der Waals surface area contributed by atoms with Crippen molar-refractivity contribution in [2.45, 2.75) is 31.8 Å². The first-order chi connectivity index (χ1) is 10.2. The van der Waals surface area contributed by atoms with E-state index >= 15 is 0 Å². The zero-order valence-corrected chi connectivity index (χ0v) is 12.7. The molecular weight excluding hydrogens is 268 g/mol. The van der Waals surface area contributed by atoms with Gasteiger partial charge >= 0.3 is 0 Å². The number of ether oxygens (including phenoxy) is 1. The summed E-state index contributed by atoms with van der Waals surface area (Å²) in [4.78, 5) is 14.2. The SMILES string of the molecule is COc1ccccc1C(C)NC(=O)CN(CCO)C1CC1. The van der Waals surface area contributed by atoms with Gasteiger partial charge < -0.3 is 15.2 Å². The van der Waals surface area contributed by atoms with E-state index in [2.05, 4.69) is 5.32 Å². The van der Waals surface area contributed by atoms with E-state index < -0.39 is 0 Å². The molecule has 2 N–H and O–H groups in total. The number of hydrogen-bond acceptors (Lipinski definition) is 4. The third kappa shape index (κ3) is 4.44. The Kier molecular flexibility index (Phi) is 5.59. The summed E-state index contributed by atoms with van der Waals surface area (Å²) in [5.74, 6) is 0.758. The third-order valence-corrected chi connectivity index (χ3v) is 3.78. The van der Waals surface area contributed by atoms with Gasteiger partial charge in [0.2, 0.25) is 5.91 Å². The number of aliphatic hydroxyl groups excluding tert-OH is 1. The first-order valence-corrected chi connectivity index (χ1v) is 7.43. The fourth-order valence-electron chi connectivity index (χ4n) is 2.53. The lowest BCUT2D eigenvalue weighted by molar-refractivity contribution is -0.123. The molecular formula is C16H24N2O3. The molecule has 5 nitrogen and oxygen atoms in total. The first-order valence-electron chi connectivity index (χ1n) is 7.43. The average molecular weight is 292 g/mol. The molecule has 0 heterocycles. The van der Waals surface area contributed by atoms with Gasteiger partial charge in [0.1, 0.15) is 5.75 Å². The van der Waals surface area contributed by atoms with Crippen LogP contribution in [-0.2, 0) is 4.79 Å². The zero-order valence-electron chi connectivity index (χ0n) is 12.7. The van der Waals surface area contributed by atoms with Crippen LogP contribution < -0.4 is 10.1 Å². The lowest BCUT2D eigenvalue weighted by Crippen LogP contribution is -2.40. The van der Waals surface area contributed by atoms with Crippen molar-refractivity contribution < 1.29 is 14.6 Å². The van der Waals surface area contributed by atoms with Crippen molar-refractivity contribution in [1.29, 1.82) is 0 Å². The molecule has 1 unspecified atom stereocenters. The predicted octanol–water partition coefficient (Wildman–Crippen LogP) is 1.33. The Labute approximate surface area is 125 Å². The first kappa shape index (κ1) is 15.8. The van der Waals surface area contributed by atoms with Crippen molar-refractivity contribution in [3.63, 3.8) is 0 Å². The second-order valence-corrected chi connectivity index (χ2v) is 5.46. The average Bonchev–Trinajstić information content (AvgIpc) is 3.31. The van der Waals surface area contributed by atoms with E-state index in [9.17, 15) is 4.79 Å². The van der Waals surface area contributed by atoms with E-state index in [0.29, 0.717) is 19.1 Å². The van der Waals surface area contributed by atoms with Gasteiger partial charge in [0.05, 0.1) is 26.3 Å². The van der Waals surface area contributed by atoms with Gasteiger partial charge in [-0.1, -0.05) is 18.2 Å². The Morgan fingerprint density at radius 2 is 2.19 bits per heavy atom. The Balaban J connectivity index is 1.92. The minimum atomic E-state index is -0.108. The molecule has 0 spiro atoms. The molecule has 21 heavy (non-hydrogen) atoms. The number of para-hydroxylation sites is 1. The summed E-state index contributed by atoms with van der Waals surface area (Å²) in [6, 6.07) is 8.04. The second kappa shape index (κ2) is 7.43. The molecule has 1 aromatic rings. The van der Waals surface area contributed by atoms with Crippen LogP contribution in [0.2, 0.25) is 0 Å². The summed E-state index contributed by atoms with van der Waals surface area (Å²) in [6.07, 6.45) is 2.24. The third-order valence-electron chi connectivity index (χ3n) is 3.78. The van der Waals surface area contributed by atoms with Crippen molar-refractivity contribution in [3.8, 4) is 5.75 Å². The summed E-state index contributed by atoms with van der Waals surface area (Å²) >= 11 is 0. The van der Waals surface area contributed by atoms with E-state index in [4.69, 9.17) is 9.84 Å². The van der Waals surface area contributed by atoms with Crippen LogP contribution in [0.5, 0.6) is 5.75 Å². The highest BCUT2D eigenvalue weighted by atomic mass is 16.5. The Bertz CT molecular complexity index is 474. The molecule has 116 valence electrons. The number of carbonyl (C=O) groups excluding carboxylic acids is 1. The van der Waals surface area contributed by atoms with Crippen LogP contribution in [-0.4, -0.2) is 48.8 Å². The number of aliphatic hydroxyl groups is 1. The van der Waals surface area contributed by atoms with Crippen LogP contribution in [0, 0.1) is 0 Å². The molecule has 1 atom stereocenters. The number of nitrogens with zero attached hydrogens (tertiary/aromatic N) is 1. The quantitative estimate of drug-likeness (QED) is 0.759. The van der Waals surface area contributed by atoms with Crippen LogP contribution in [0.25, 0.3) is 0 Å². The fourth-order valence-corrected chi connectivity index (χ4v) is 2.53. The molecule has 0 bridgehead atoms. The molecule has 5 heteroatoms. The van der Waals surface area contributed by atoms with Gasteiger partial charge in [-0.15, -0.1) is 0 Å². The summed E-state index contributed by atoms with van der Waals surface area (Å²) in [5, 5.41) is 12.1. The van der Waals surface area contributed by atoms with Gasteiger partial charge in [0, 0.05) is 18.2 Å². The summed E-state index contributed by atoms with van der Waals surface area (Å²) in [7, 11) is 1.63. The monoisotopic (exact) mass is 292 g/mol. The van der Waals surface area contributed by atoms with Crippen molar-refractivity contribution in [1.82, 2.24) is 10.2 Å². The Morgan fingerprint density at radius 3 is 2.81 bits per heavy atom. The summed E-state index contributed by atoms with van der Waals surface area (Å²) in [6.45, 7) is 2.93. The number of hydrogen-bond donors (Lipinski definition) is 2. The largest absolute Gasteiger partial charge is 0.496 e. The number of benzene rings is 1. The Morgan fingerprint density at radius 1 is 1.48 bits per heavy atom. The van der Waals surface area contributed by atoms with E-state index in [0.717, 1.165) is 24.2 Å². The normalized spacial score (nSPS) is 15.8. The maximum absolute atomic E-state index is 12.2. The number of rotatable bonds is 8. The van der Waals surface area contributed by atoms with E-state index in [1.54, 1.807) is 7.11 Å². The zero-order chi connectivity index (χ0) is 15.2. The van der Waals surface area contributed by atoms with E-state index in [1.807, 2.05) is 36.1 Å². The maximum Gasteiger partial charge on any atom is 0.234 e. The highest BCUT2D eigenvalue weighted by Gasteiger charge is 2.30. The van der Waals surface area contributed by atoms with Gasteiger partial charge in [0.15, 0.2) is 0 Å². The topological polar surface area (TPSA) is 61.8 Å². The maximum atomic E-state index is 12.2. The molecule has 1 fully saturated rings. The van der Waals surface area contributed by atoms with Crippen molar-refractivity contribution in [2.75, 3.05) is 26.8 Å². The molecule has 0 aromatic heterocycles. The molecule has 1 saturated carbocycles. The molecule has 1 amide bonds. The standard InChI is InChI=1S/C16H24N2O3/c1-12(14-5-3-4-6-15(14)21-2)17-16(20)11-18(9-10-19)13-7-8-13/h3-6,12-13,19H,7-11H2,1-2H3,(H,17,20). The van der Waals surface area contributed by atoms with Gasteiger partial charge in [-0.25, -0.2) is 0 Å². The molecule has 0 saturated heterocycles. The number of nitrogens with one attached hydrogen (secondary N) is 1. The van der Waals surface area contributed by atoms with Gasteiger partial charge in [-0.2, -0.15) is 0 Å². The van der Waals surface area contributed by atoms with Crippen LogP contribution in [0.1, 0.15) is 31.4 Å².